The fraction of sp³-hybridized carbons (Fsp3) is 0.889. The van der Waals surface area contributed by atoms with E-state index >= 15 is 0 Å². The van der Waals surface area contributed by atoms with Crippen molar-refractivity contribution >= 4 is 11.9 Å². The number of amides is 1. The summed E-state index contributed by atoms with van der Waals surface area (Å²) in [4.78, 5) is 21.5. The molecule has 0 saturated carbocycles. The SMILES string of the molecule is O=C(O)COCC(=O)NCCOCCOCCOCCOCCOCCOCCF. The van der Waals surface area contributed by atoms with Crippen molar-refractivity contribution in [2.75, 3.05) is 106 Å². The summed E-state index contributed by atoms with van der Waals surface area (Å²) in [5.74, 6) is -1.52. The number of halogens is 1. The van der Waals surface area contributed by atoms with Crippen molar-refractivity contribution in [1.29, 1.82) is 0 Å². The van der Waals surface area contributed by atoms with Crippen LogP contribution in [0.1, 0.15) is 0 Å². The number of aliphatic carboxylic acids is 1. The van der Waals surface area contributed by atoms with Crippen LogP contribution in [0.15, 0.2) is 0 Å². The topological polar surface area (TPSA) is 131 Å². The fourth-order valence-corrected chi connectivity index (χ4v) is 1.80. The van der Waals surface area contributed by atoms with Crippen LogP contribution in [-0.4, -0.2) is 123 Å². The number of rotatable bonds is 24. The summed E-state index contributed by atoms with van der Waals surface area (Å²) in [5, 5.41) is 10.9. The Kier molecular flexibility index (Phi) is 22.7. The highest BCUT2D eigenvalue weighted by molar-refractivity contribution is 5.77. The smallest absolute Gasteiger partial charge is 0.329 e. The molecule has 0 fully saturated rings. The zero-order valence-corrected chi connectivity index (χ0v) is 17.3. The van der Waals surface area contributed by atoms with Gasteiger partial charge in [0.2, 0.25) is 5.91 Å². The Morgan fingerprint density at radius 3 is 1.40 bits per heavy atom. The maximum Gasteiger partial charge on any atom is 0.329 e. The molecule has 0 spiro atoms. The Labute approximate surface area is 176 Å². The molecule has 0 atom stereocenters. The summed E-state index contributed by atoms with van der Waals surface area (Å²) >= 11 is 0. The lowest BCUT2D eigenvalue weighted by Gasteiger charge is -2.08. The van der Waals surface area contributed by atoms with Crippen molar-refractivity contribution in [3.8, 4) is 0 Å². The monoisotopic (exact) mass is 443 g/mol. The van der Waals surface area contributed by atoms with E-state index in [9.17, 15) is 14.0 Å². The van der Waals surface area contributed by atoms with Gasteiger partial charge in [-0.2, -0.15) is 0 Å². The van der Waals surface area contributed by atoms with Crippen LogP contribution < -0.4 is 5.32 Å². The third-order valence-corrected chi connectivity index (χ3v) is 3.11. The highest BCUT2D eigenvalue weighted by atomic mass is 19.1. The van der Waals surface area contributed by atoms with Crippen LogP contribution in [0, 0.1) is 0 Å². The molecule has 0 radical (unpaired) electrons. The molecule has 0 heterocycles. The molecule has 30 heavy (non-hydrogen) atoms. The molecular weight excluding hydrogens is 409 g/mol. The Morgan fingerprint density at radius 1 is 0.600 bits per heavy atom. The van der Waals surface area contributed by atoms with Crippen LogP contribution in [-0.2, 0) is 42.7 Å². The summed E-state index contributed by atoms with van der Waals surface area (Å²) in [7, 11) is 0. The third-order valence-electron chi connectivity index (χ3n) is 3.11. The summed E-state index contributed by atoms with van der Waals surface area (Å²) in [6.45, 7) is 3.69. The molecule has 0 aliphatic heterocycles. The highest BCUT2D eigenvalue weighted by Crippen LogP contribution is 1.85. The largest absolute Gasteiger partial charge is 0.480 e. The number of nitrogens with one attached hydrogen (secondary N) is 1. The molecular formula is C18H34FNO10. The van der Waals surface area contributed by atoms with Crippen LogP contribution in [0.2, 0.25) is 0 Å². The van der Waals surface area contributed by atoms with E-state index in [0.717, 1.165) is 0 Å². The second kappa shape index (κ2) is 23.9. The molecule has 0 saturated heterocycles. The van der Waals surface area contributed by atoms with Gasteiger partial charge in [0.15, 0.2) is 0 Å². The normalized spacial score (nSPS) is 11.0. The third kappa shape index (κ3) is 24.6. The van der Waals surface area contributed by atoms with Gasteiger partial charge in [-0.15, -0.1) is 0 Å². The number of hydrogen-bond acceptors (Lipinski definition) is 9. The van der Waals surface area contributed by atoms with Crippen molar-refractivity contribution in [3.63, 3.8) is 0 Å². The van der Waals surface area contributed by atoms with E-state index in [1.54, 1.807) is 0 Å². The summed E-state index contributed by atoms with van der Waals surface area (Å²) < 4.78 is 47.8. The first-order valence-electron chi connectivity index (χ1n) is 9.75. The molecule has 2 N–H and O–H groups in total. The van der Waals surface area contributed by atoms with E-state index in [1.807, 2.05) is 0 Å². The van der Waals surface area contributed by atoms with Crippen molar-refractivity contribution in [2.45, 2.75) is 0 Å². The zero-order chi connectivity index (χ0) is 22.1. The first kappa shape index (κ1) is 28.6. The van der Waals surface area contributed by atoms with E-state index in [4.69, 9.17) is 33.5 Å². The van der Waals surface area contributed by atoms with Gasteiger partial charge in [-0.3, -0.25) is 4.79 Å². The Balaban J connectivity index is 3.09. The Morgan fingerprint density at radius 2 is 1.00 bits per heavy atom. The van der Waals surface area contributed by atoms with Crippen LogP contribution in [0.4, 0.5) is 4.39 Å². The molecule has 0 aromatic carbocycles. The van der Waals surface area contributed by atoms with Crippen LogP contribution >= 0.6 is 0 Å². The standard InChI is InChI=1S/C18H34FNO10/c19-1-3-24-5-7-26-9-11-28-13-14-29-12-10-27-8-6-25-4-2-20-17(21)15-30-16-18(22)23/h1-16H2,(H,20,21)(H,22,23). The predicted molar refractivity (Wildman–Crippen MR) is 102 cm³/mol. The zero-order valence-electron chi connectivity index (χ0n) is 17.3. The Bertz CT molecular complexity index is 403. The van der Waals surface area contributed by atoms with Crippen LogP contribution in [0.3, 0.4) is 0 Å². The summed E-state index contributed by atoms with van der Waals surface area (Å²) in [5.41, 5.74) is 0. The van der Waals surface area contributed by atoms with Gasteiger partial charge in [0.25, 0.3) is 0 Å². The van der Waals surface area contributed by atoms with Crippen molar-refractivity contribution in [2.24, 2.45) is 0 Å². The number of carbonyl (C=O) groups is 2. The van der Waals surface area contributed by atoms with Gasteiger partial charge in [0.05, 0.1) is 79.3 Å². The maximum atomic E-state index is 11.7. The van der Waals surface area contributed by atoms with Gasteiger partial charge in [0.1, 0.15) is 19.9 Å². The number of carboxylic acids is 1. The number of alkyl halides is 1. The van der Waals surface area contributed by atoms with Gasteiger partial charge in [-0.25, -0.2) is 9.18 Å². The second-order valence-corrected chi connectivity index (χ2v) is 5.60. The van der Waals surface area contributed by atoms with E-state index in [1.165, 1.54) is 0 Å². The molecule has 0 aliphatic carbocycles. The molecule has 0 aliphatic rings. The number of ether oxygens (including phenoxy) is 7. The summed E-state index contributed by atoms with van der Waals surface area (Å²) in [6.07, 6.45) is 0. The van der Waals surface area contributed by atoms with Gasteiger partial charge in [-0.1, -0.05) is 0 Å². The average Bonchev–Trinajstić information content (AvgIpc) is 2.72. The van der Waals surface area contributed by atoms with Crippen molar-refractivity contribution < 1.29 is 52.2 Å². The number of carboxylic acid groups (broad SMARTS) is 1. The van der Waals surface area contributed by atoms with Crippen molar-refractivity contribution in [3.05, 3.63) is 0 Å². The first-order valence-corrected chi connectivity index (χ1v) is 9.75. The van der Waals surface area contributed by atoms with E-state index in [2.05, 4.69) is 10.1 Å². The lowest BCUT2D eigenvalue weighted by molar-refractivity contribution is -0.143. The lowest BCUT2D eigenvalue weighted by atomic mass is 10.6. The molecule has 0 bridgehead atoms. The average molecular weight is 443 g/mol. The van der Waals surface area contributed by atoms with Gasteiger partial charge >= 0.3 is 5.97 Å². The molecule has 1 amide bonds. The van der Waals surface area contributed by atoms with Crippen molar-refractivity contribution in [1.82, 2.24) is 5.32 Å². The minimum absolute atomic E-state index is 0.0998. The highest BCUT2D eigenvalue weighted by Gasteiger charge is 2.02. The molecule has 0 unspecified atom stereocenters. The second-order valence-electron chi connectivity index (χ2n) is 5.60. The van der Waals surface area contributed by atoms with Crippen LogP contribution in [0.25, 0.3) is 0 Å². The summed E-state index contributed by atoms with van der Waals surface area (Å²) in [6, 6.07) is 0. The predicted octanol–water partition coefficient (Wildman–Crippen LogP) is -0.727. The quantitative estimate of drug-likeness (QED) is 0.184. The van der Waals surface area contributed by atoms with Gasteiger partial charge in [0, 0.05) is 6.54 Å². The van der Waals surface area contributed by atoms with Gasteiger partial charge in [-0.05, 0) is 0 Å². The first-order chi connectivity index (χ1) is 14.7. The molecule has 12 heteroatoms. The number of hydrogen-bond donors (Lipinski definition) is 2. The maximum absolute atomic E-state index is 11.7. The molecule has 0 aromatic rings. The number of carbonyl (C=O) groups excluding carboxylic acids is 1. The fourth-order valence-electron chi connectivity index (χ4n) is 1.80. The minimum atomic E-state index is -1.12. The van der Waals surface area contributed by atoms with E-state index in [-0.39, 0.29) is 13.2 Å². The minimum Gasteiger partial charge on any atom is -0.480 e. The molecule has 0 aromatic heterocycles. The van der Waals surface area contributed by atoms with Crippen LogP contribution in [0.5, 0.6) is 0 Å². The molecule has 0 rings (SSSR count). The molecule has 11 nitrogen and oxygen atoms in total. The van der Waals surface area contributed by atoms with E-state index in [0.29, 0.717) is 79.2 Å². The van der Waals surface area contributed by atoms with E-state index < -0.39 is 25.2 Å². The lowest BCUT2D eigenvalue weighted by Crippen LogP contribution is -2.31. The Hall–Kier alpha value is -1.41. The molecule has 178 valence electrons. The van der Waals surface area contributed by atoms with Gasteiger partial charge < -0.3 is 43.6 Å².